The van der Waals surface area contributed by atoms with Crippen molar-refractivity contribution in [2.24, 2.45) is 0 Å². The lowest BCUT2D eigenvalue weighted by Gasteiger charge is -2.30. The summed E-state index contributed by atoms with van der Waals surface area (Å²) in [4.78, 5) is 14.4. The molecule has 0 spiro atoms. The summed E-state index contributed by atoms with van der Waals surface area (Å²) < 4.78 is 29.1. The highest BCUT2D eigenvalue weighted by Gasteiger charge is 2.36. The van der Waals surface area contributed by atoms with Crippen LogP contribution >= 0.6 is 0 Å². The summed E-state index contributed by atoms with van der Waals surface area (Å²) in [5, 5.41) is 8.92. The number of nitrogens with zero attached hydrogens (tertiary/aromatic N) is 2. The second kappa shape index (κ2) is 7.67. The largest absolute Gasteiger partial charge is 0.481 e. The van der Waals surface area contributed by atoms with E-state index in [1.807, 2.05) is 13.0 Å². The van der Waals surface area contributed by atoms with Crippen LogP contribution in [-0.4, -0.2) is 49.4 Å². The van der Waals surface area contributed by atoms with Crippen LogP contribution in [0.1, 0.15) is 32.3 Å². The van der Waals surface area contributed by atoms with E-state index < -0.39 is 15.9 Å². The first-order chi connectivity index (χ1) is 11.4. The number of hydrogen-bond acceptors (Lipinski definition) is 5. The van der Waals surface area contributed by atoms with Gasteiger partial charge in [-0.15, -0.1) is 0 Å². The molecule has 6 nitrogen and oxygen atoms in total. The summed E-state index contributed by atoms with van der Waals surface area (Å²) in [5.74, 6) is 0.381. The van der Waals surface area contributed by atoms with Gasteiger partial charge >= 0.3 is 0 Å². The van der Waals surface area contributed by atoms with Crippen molar-refractivity contribution >= 4 is 15.7 Å². The molecule has 0 aromatic heterocycles. The second-order valence-electron chi connectivity index (χ2n) is 5.99. The highest BCUT2D eigenvalue weighted by atomic mass is 32.2. The summed E-state index contributed by atoms with van der Waals surface area (Å²) in [6.45, 7) is 4.10. The van der Waals surface area contributed by atoms with Crippen LogP contribution in [0.5, 0.6) is 5.75 Å². The molecule has 0 aliphatic carbocycles. The first-order valence-electron chi connectivity index (χ1n) is 8.04. The molecular formula is C17H22N2O4S. The van der Waals surface area contributed by atoms with E-state index in [1.165, 1.54) is 0 Å². The number of benzene rings is 1. The van der Waals surface area contributed by atoms with Gasteiger partial charge in [0.25, 0.3) is 5.91 Å². The number of hydrogen-bond donors (Lipinski definition) is 0. The smallest absolute Gasteiger partial charge is 0.263 e. The van der Waals surface area contributed by atoms with Crippen molar-refractivity contribution in [2.75, 3.05) is 18.1 Å². The molecule has 130 valence electrons. The third-order valence-corrected chi connectivity index (χ3v) is 5.77. The van der Waals surface area contributed by atoms with Gasteiger partial charge < -0.3 is 9.64 Å². The zero-order valence-corrected chi connectivity index (χ0v) is 14.8. The first kappa shape index (κ1) is 18.3. The van der Waals surface area contributed by atoms with Crippen LogP contribution in [0.25, 0.3) is 0 Å². The minimum atomic E-state index is -3.06. The lowest BCUT2D eigenvalue weighted by atomic mass is 10.2. The van der Waals surface area contributed by atoms with E-state index in [1.54, 1.807) is 36.1 Å². The van der Waals surface area contributed by atoms with Gasteiger partial charge in [0.1, 0.15) is 5.75 Å². The molecule has 0 saturated carbocycles. The van der Waals surface area contributed by atoms with E-state index in [0.717, 1.165) is 6.42 Å². The zero-order chi connectivity index (χ0) is 17.7. The molecule has 7 heteroatoms. The average Bonchev–Trinajstić information content (AvgIpc) is 2.91. The maximum Gasteiger partial charge on any atom is 0.263 e. The van der Waals surface area contributed by atoms with Crippen molar-refractivity contribution in [1.82, 2.24) is 4.90 Å². The van der Waals surface area contributed by atoms with E-state index in [0.29, 0.717) is 24.3 Å². The van der Waals surface area contributed by atoms with Gasteiger partial charge in [0.2, 0.25) is 0 Å². The Hall–Kier alpha value is -2.07. The van der Waals surface area contributed by atoms with E-state index in [9.17, 15) is 13.2 Å². The van der Waals surface area contributed by atoms with Crippen LogP contribution in [0.4, 0.5) is 0 Å². The molecule has 0 N–H and O–H groups in total. The number of carbonyl (C=O) groups excluding carboxylic acids is 1. The number of sulfone groups is 1. The molecular weight excluding hydrogens is 328 g/mol. The summed E-state index contributed by atoms with van der Waals surface area (Å²) in [7, 11) is -3.06. The fourth-order valence-electron chi connectivity index (χ4n) is 2.86. The Morgan fingerprint density at radius 1 is 1.50 bits per heavy atom. The molecule has 2 unspecified atom stereocenters. The highest BCUT2D eigenvalue weighted by molar-refractivity contribution is 7.91. The summed E-state index contributed by atoms with van der Waals surface area (Å²) in [6, 6.07) is 8.36. The molecule has 1 aliphatic heterocycles. The number of ether oxygens (including phenoxy) is 1. The molecule has 2 atom stereocenters. The molecule has 1 heterocycles. The predicted molar refractivity (Wildman–Crippen MR) is 90.3 cm³/mol. The summed E-state index contributed by atoms with van der Waals surface area (Å²) in [6.07, 6.45) is 0.484. The van der Waals surface area contributed by atoms with Gasteiger partial charge in [-0.1, -0.05) is 13.0 Å². The highest BCUT2D eigenvalue weighted by Crippen LogP contribution is 2.21. The monoisotopic (exact) mass is 350 g/mol. The fraction of sp³-hybridized carbons (Fsp3) is 0.529. The molecule has 0 radical (unpaired) electrons. The van der Waals surface area contributed by atoms with Crippen LogP contribution in [-0.2, 0) is 14.6 Å². The summed E-state index contributed by atoms with van der Waals surface area (Å²) in [5.41, 5.74) is 0.458. The lowest BCUT2D eigenvalue weighted by Crippen LogP contribution is -2.47. The molecule has 1 amide bonds. The van der Waals surface area contributed by atoms with Crippen molar-refractivity contribution in [1.29, 1.82) is 5.26 Å². The van der Waals surface area contributed by atoms with Gasteiger partial charge in [0, 0.05) is 12.6 Å². The molecule has 0 bridgehead atoms. The molecule has 24 heavy (non-hydrogen) atoms. The van der Waals surface area contributed by atoms with E-state index in [-0.39, 0.29) is 23.5 Å². The van der Waals surface area contributed by atoms with Gasteiger partial charge in [0.15, 0.2) is 15.9 Å². The maximum absolute atomic E-state index is 12.7. The molecule has 1 saturated heterocycles. The van der Waals surface area contributed by atoms with Crippen molar-refractivity contribution in [3.05, 3.63) is 29.8 Å². The van der Waals surface area contributed by atoms with Gasteiger partial charge in [0.05, 0.1) is 23.1 Å². The Morgan fingerprint density at radius 3 is 2.83 bits per heavy atom. The molecule has 1 aliphatic rings. The number of nitriles is 1. The van der Waals surface area contributed by atoms with Gasteiger partial charge in [-0.25, -0.2) is 8.42 Å². The van der Waals surface area contributed by atoms with Crippen molar-refractivity contribution in [2.45, 2.75) is 38.8 Å². The van der Waals surface area contributed by atoms with Crippen LogP contribution in [0.15, 0.2) is 24.3 Å². The third kappa shape index (κ3) is 4.48. The first-order valence-corrected chi connectivity index (χ1v) is 9.86. The van der Waals surface area contributed by atoms with Gasteiger partial charge in [-0.3, -0.25) is 4.79 Å². The standard InChI is InChI=1S/C17H22N2O4S/c1-3-8-19(15-7-9-24(21,22)12-15)17(20)13(2)23-16-6-4-5-14(10-16)11-18/h4-6,10,13,15H,3,7-9,12H2,1-2H3. The number of carbonyl (C=O) groups is 1. The Kier molecular flexibility index (Phi) is 5.84. The van der Waals surface area contributed by atoms with E-state index >= 15 is 0 Å². The van der Waals surface area contributed by atoms with Crippen LogP contribution in [0, 0.1) is 11.3 Å². The normalized spacial score (nSPS) is 20.1. The van der Waals surface area contributed by atoms with Crippen molar-refractivity contribution in [3.63, 3.8) is 0 Å². The molecule has 1 fully saturated rings. The Balaban J connectivity index is 2.09. The Bertz CT molecular complexity index is 739. The Labute approximate surface area is 142 Å². The molecule has 1 aromatic carbocycles. The molecule has 1 aromatic rings. The fourth-order valence-corrected chi connectivity index (χ4v) is 4.59. The van der Waals surface area contributed by atoms with Crippen LogP contribution in [0.3, 0.4) is 0 Å². The molecule has 2 rings (SSSR count). The van der Waals surface area contributed by atoms with E-state index in [2.05, 4.69) is 0 Å². The van der Waals surface area contributed by atoms with Crippen LogP contribution in [0.2, 0.25) is 0 Å². The third-order valence-electron chi connectivity index (χ3n) is 4.02. The quantitative estimate of drug-likeness (QED) is 0.780. The minimum Gasteiger partial charge on any atom is -0.481 e. The average molecular weight is 350 g/mol. The minimum absolute atomic E-state index is 0.0232. The van der Waals surface area contributed by atoms with Crippen molar-refractivity contribution in [3.8, 4) is 11.8 Å². The summed E-state index contributed by atoms with van der Waals surface area (Å²) >= 11 is 0. The SMILES string of the molecule is CCCN(C(=O)C(C)Oc1cccc(C#N)c1)C1CCS(=O)(=O)C1. The van der Waals surface area contributed by atoms with Gasteiger partial charge in [-0.2, -0.15) is 5.26 Å². The number of rotatable bonds is 6. The number of amides is 1. The second-order valence-corrected chi connectivity index (χ2v) is 8.22. The van der Waals surface area contributed by atoms with Gasteiger partial charge in [-0.05, 0) is 38.0 Å². The lowest BCUT2D eigenvalue weighted by molar-refractivity contribution is -0.139. The van der Waals surface area contributed by atoms with Crippen LogP contribution < -0.4 is 4.74 Å². The van der Waals surface area contributed by atoms with Crippen molar-refractivity contribution < 1.29 is 17.9 Å². The maximum atomic E-state index is 12.7. The zero-order valence-electron chi connectivity index (χ0n) is 13.9. The predicted octanol–water partition coefficient (Wildman–Crippen LogP) is 1.75. The topological polar surface area (TPSA) is 87.5 Å². The van der Waals surface area contributed by atoms with E-state index in [4.69, 9.17) is 10.00 Å². The Morgan fingerprint density at radius 2 is 2.25 bits per heavy atom.